The summed E-state index contributed by atoms with van der Waals surface area (Å²) in [5, 5.41) is 2.99. The summed E-state index contributed by atoms with van der Waals surface area (Å²) in [7, 11) is 0. The molecule has 0 fully saturated rings. The minimum Gasteiger partial charge on any atom is -0.489 e. The first kappa shape index (κ1) is 18.7. The van der Waals surface area contributed by atoms with Crippen LogP contribution in [-0.2, 0) is 13.0 Å². The number of aryl methyl sites for hydroxylation is 2. The SMILES string of the molecule is Cc1cccc(CCCNC(=O)c2cccc(OCc3ccccc3)c2)c1. The van der Waals surface area contributed by atoms with E-state index in [1.807, 2.05) is 48.5 Å². The lowest BCUT2D eigenvalue weighted by Crippen LogP contribution is -2.24. The molecule has 0 atom stereocenters. The molecule has 3 heteroatoms. The summed E-state index contributed by atoms with van der Waals surface area (Å²) in [6.07, 6.45) is 1.88. The maximum Gasteiger partial charge on any atom is 0.251 e. The van der Waals surface area contributed by atoms with Crippen LogP contribution in [0.1, 0.15) is 33.5 Å². The lowest BCUT2D eigenvalue weighted by Gasteiger charge is -2.09. The second-order valence-electron chi connectivity index (χ2n) is 6.65. The smallest absolute Gasteiger partial charge is 0.251 e. The zero-order valence-electron chi connectivity index (χ0n) is 15.7. The molecular weight excluding hydrogens is 334 g/mol. The molecule has 0 aliphatic heterocycles. The van der Waals surface area contributed by atoms with E-state index in [-0.39, 0.29) is 5.91 Å². The molecule has 0 aliphatic carbocycles. The summed E-state index contributed by atoms with van der Waals surface area (Å²) in [4.78, 5) is 12.4. The standard InChI is InChI=1S/C24H25NO2/c1-19-8-5-11-20(16-19)12-7-15-25-24(26)22-13-6-14-23(17-22)27-18-21-9-3-2-4-10-21/h2-6,8-11,13-14,16-17H,7,12,15,18H2,1H3,(H,25,26). The fraction of sp³-hybridized carbons (Fsp3) is 0.208. The molecule has 0 saturated carbocycles. The summed E-state index contributed by atoms with van der Waals surface area (Å²) in [5.74, 6) is 0.635. The first-order valence-electron chi connectivity index (χ1n) is 9.31. The number of benzene rings is 3. The topological polar surface area (TPSA) is 38.3 Å². The van der Waals surface area contributed by atoms with E-state index in [1.54, 1.807) is 6.07 Å². The number of nitrogens with one attached hydrogen (secondary N) is 1. The van der Waals surface area contributed by atoms with Crippen molar-refractivity contribution in [3.63, 3.8) is 0 Å². The Morgan fingerprint density at radius 1 is 0.889 bits per heavy atom. The van der Waals surface area contributed by atoms with E-state index in [1.165, 1.54) is 11.1 Å². The van der Waals surface area contributed by atoms with Crippen LogP contribution in [0.5, 0.6) is 5.75 Å². The van der Waals surface area contributed by atoms with Crippen molar-refractivity contribution in [2.24, 2.45) is 0 Å². The molecule has 3 rings (SSSR count). The highest BCUT2D eigenvalue weighted by Crippen LogP contribution is 2.15. The van der Waals surface area contributed by atoms with Crippen LogP contribution in [0.2, 0.25) is 0 Å². The van der Waals surface area contributed by atoms with Crippen molar-refractivity contribution >= 4 is 5.91 Å². The first-order valence-corrected chi connectivity index (χ1v) is 9.31. The molecule has 0 unspecified atom stereocenters. The molecule has 0 spiro atoms. The summed E-state index contributed by atoms with van der Waals surface area (Å²) >= 11 is 0. The number of hydrogen-bond donors (Lipinski definition) is 1. The normalized spacial score (nSPS) is 10.4. The Bertz CT molecular complexity index is 874. The highest BCUT2D eigenvalue weighted by Gasteiger charge is 2.06. The van der Waals surface area contributed by atoms with Crippen LogP contribution in [0, 0.1) is 6.92 Å². The third-order valence-corrected chi connectivity index (χ3v) is 4.35. The van der Waals surface area contributed by atoms with Gasteiger partial charge in [0.05, 0.1) is 0 Å². The average Bonchev–Trinajstić information content (AvgIpc) is 2.70. The predicted octanol–water partition coefficient (Wildman–Crippen LogP) is 4.94. The maximum atomic E-state index is 12.4. The average molecular weight is 359 g/mol. The van der Waals surface area contributed by atoms with Crippen LogP contribution in [-0.4, -0.2) is 12.5 Å². The Labute approximate surface area is 161 Å². The van der Waals surface area contributed by atoms with Crippen molar-refractivity contribution in [3.8, 4) is 5.75 Å². The number of carbonyl (C=O) groups excluding carboxylic acids is 1. The van der Waals surface area contributed by atoms with Gasteiger partial charge in [-0.05, 0) is 49.1 Å². The van der Waals surface area contributed by atoms with E-state index in [9.17, 15) is 4.79 Å². The highest BCUT2D eigenvalue weighted by molar-refractivity contribution is 5.94. The molecule has 0 radical (unpaired) electrons. The number of amides is 1. The van der Waals surface area contributed by atoms with Crippen molar-refractivity contribution in [1.82, 2.24) is 5.32 Å². The molecule has 0 aliphatic rings. The van der Waals surface area contributed by atoms with Gasteiger partial charge < -0.3 is 10.1 Å². The number of ether oxygens (including phenoxy) is 1. The Kier molecular flexibility index (Phi) is 6.64. The zero-order valence-corrected chi connectivity index (χ0v) is 15.7. The van der Waals surface area contributed by atoms with Gasteiger partial charge in [0.25, 0.3) is 5.91 Å². The van der Waals surface area contributed by atoms with Crippen molar-refractivity contribution < 1.29 is 9.53 Å². The Morgan fingerprint density at radius 2 is 1.67 bits per heavy atom. The predicted molar refractivity (Wildman–Crippen MR) is 109 cm³/mol. The molecular formula is C24H25NO2. The van der Waals surface area contributed by atoms with E-state index in [0.29, 0.717) is 24.5 Å². The molecule has 1 N–H and O–H groups in total. The summed E-state index contributed by atoms with van der Waals surface area (Å²) in [5.41, 5.74) is 4.30. The van der Waals surface area contributed by atoms with E-state index < -0.39 is 0 Å². The Morgan fingerprint density at radius 3 is 2.48 bits per heavy atom. The van der Waals surface area contributed by atoms with Gasteiger partial charge in [-0.1, -0.05) is 66.2 Å². The first-order chi connectivity index (χ1) is 13.2. The third-order valence-electron chi connectivity index (χ3n) is 4.35. The van der Waals surface area contributed by atoms with Crippen LogP contribution in [0.4, 0.5) is 0 Å². The van der Waals surface area contributed by atoms with E-state index in [2.05, 4.69) is 36.5 Å². The molecule has 0 saturated heterocycles. The maximum absolute atomic E-state index is 12.4. The van der Waals surface area contributed by atoms with E-state index in [4.69, 9.17) is 4.74 Å². The molecule has 3 nitrogen and oxygen atoms in total. The molecule has 0 aromatic heterocycles. The van der Waals surface area contributed by atoms with Gasteiger partial charge in [-0.2, -0.15) is 0 Å². The molecule has 3 aromatic carbocycles. The Hall–Kier alpha value is -3.07. The van der Waals surface area contributed by atoms with Gasteiger partial charge in [-0.25, -0.2) is 0 Å². The molecule has 0 bridgehead atoms. The highest BCUT2D eigenvalue weighted by atomic mass is 16.5. The lowest BCUT2D eigenvalue weighted by molar-refractivity contribution is 0.0952. The minimum atomic E-state index is -0.0654. The van der Waals surface area contributed by atoms with E-state index in [0.717, 1.165) is 18.4 Å². The van der Waals surface area contributed by atoms with Gasteiger partial charge in [-0.15, -0.1) is 0 Å². The van der Waals surface area contributed by atoms with Gasteiger partial charge in [0.2, 0.25) is 0 Å². The van der Waals surface area contributed by atoms with Crippen LogP contribution in [0.15, 0.2) is 78.9 Å². The second-order valence-corrected chi connectivity index (χ2v) is 6.65. The van der Waals surface area contributed by atoms with Crippen LogP contribution in [0.3, 0.4) is 0 Å². The van der Waals surface area contributed by atoms with Crippen LogP contribution >= 0.6 is 0 Å². The number of rotatable bonds is 8. The quantitative estimate of drug-likeness (QED) is 0.579. The van der Waals surface area contributed by atoms with Gasteiger partial charge in [0, 0.05) is 12.1 Å². The molecule has 138 valence electrons. The Balaban J connectivity index is 1.46. The number of carbonyl (C=O) groups is 1. The van der Waals surface area contributed by atoms with Gasteiger partial charge in [-0.3, -0.25) is 4.79 Å². The van der Waals surface area contributed by atoms with Gasteiger partial charge >= 0.3 is 0 Å². The van der Waals surface area contributed by atoms with Crippen molar-refractivity contribution in [2.75, 3.05) is 6.54 Å². The fourth-order valence-corrected chi connectivity index (χ4v) is 2.93. The zero-order chi connectivity index (χ0) is 18.9. The molecule has 0 heterocycles. The fourth-order valence-electron chi connectivity index (χ4n) is 2.93. The van der Waals surface area contributed by atoms with Gasteiger partial charge in [0.1, 0.15) is 12.4 Å². The lowest BCUT2D eigenvalue weighted by atomic mass is 10.1. The van der Waals surface area contributed by atoms with Crippen molar-refractivity contribution in [3.05, 3.63) is 101 Å². The number of hydrogen-bond acceptors (Lipinski definition) is 2. The van der Waals surface area contributed by atoms with Crippen LogP contribution < -0.4 is 10.1 Å². The summed E-state index contributed by atoms with van der Waals surface area (Å²) < 4.78 is 5.80. The van der Waals surface area contributed by atoms with Gasteiger partial charge in [0.15, 0.2) is 0 Å². The minimum absolute atomic E-state index is 0.0654. The largest absolute Gasteiger partial charge is 0.489 e. The molecule has 3 aromatic rings. The van der Waals surface area contributed by atoms with Crippen LogP contribution in [0.25, 0.3) is 0 Å². The summed E-state index contributed by atoms with van der Waals surface area (Å²) in [6, 6.07) is 25.8. The summed E-state index contributed by atoms with van der Waals surface area (Å²) in [6.45, 7) is 3.24. The second kappa shape index (κ2) is 9.58. The van der Waals surface area contributed by atoms with Crippen molar-refractivity contribution in [1.29, 1.82) is 0 Å². The molecule has 27 heavy (non-hydrogen) atoms. The monoisotopic (exact) mass is 359 g/mol. The third kappa shape index (κ3) is 6.00. The van der Waals surface area contributed by atoms with E-state index >= 15 is 0 Å². The molecule has 1 amide bonds. The van der Waals surface area contributed by atoms with Crippen molar-refractivity contribution in [2.45, 2.75) is 26.4 Å².